The van der Waals surface area contributed by atoms with E-state index in [0.29, 0.717) is 34.3 Å². The molecule has 4 aromatic rings. The molecule has 0 spiro atoms. The summed E-state index contributed by atoms with van der Waals surface area (Å²) in [6.07, 6.45) is 1.85. The Morgan fingerprint density at radius 3 is 2.37 bits per heavy atom. The molecule has 1 aromatic carbocycles. The normalized spacial score (nSPS) is 11.2. The van der Waals surface area contributed by atoms with Crippen molar-refractivity contribution in [2.45, 2.75) is 20.4 Å². The Hall–Kier alpha value is -4.01. The van der Waals surface area contributed by atoms with Crippen LogP contribution in [0.3, 0.4) is 0 Å². The fourth-order valence-electron chi connectivity index (χ4n) is 3.80. The van der Waals surface area contributed by atoms with E-state index >= 15 is 0 Å². The first-order chi connectivity index (χ1) is 14.3. The molecule has 3 aromatic heterocycles. The Morgan fingerprint density at radius 1 is 1.00 bits per heavy atom. The summed E-state index contributed by atoms with van der Waals surface area (Å²) >= 11 is 0. The van der Waals surface area contributed by atoms with Crippen LogP contribution in [-0.2, 0) is 13.6 Å². The van der Waals surface area contributed by atoms with Crippen molar-refractivity contribution in [1.29, 1.82) is 0 Å². The Labute approximate surface area is 172 Å². The first-order valence-corrected chi connectivity index (χ1v) is 9.33. The van der Waals surface area contributed by atoms with Crippen molar-refractivity contribution in [2.75, 3.05) is 0 Å². The summed E-state index contributed by atoms with van der Waals surface area (Å²) in [5.41, 5.74) is 15.2. The van der Waals surface area contributed by atoms with E-state index in [0.717, 1.165) is 11.4 Å². The highest BCUT2D eigenvalue weighted by molar-refractivity contribution is 6.15. The predicted octanol–water partition coefficient (Wildman–Crippen LogP) is 1.69. The minimum Gasteiger partial charge on any atom is -0.366 e. The van der Waals surface area contributed by atoms with Gasteiger partial charge in [0.2, 0.25) is 5.91 Å². The zero-order valence-corrected chi connectivity index (χ0v) is 16.9. The first kappa shape index (κ1) is 19.3. The maximum atomic E-state index is 12.5. The highest BCUT2D eigenvalue weighted by Crippen LogP contribution is 2.36. The number of rotatable bonds is 5. The fourth-order valence-corrected chi connectivity index (χ4v) is 3.80. The van der Waals surface area contributed by atoms with Crippen LogP contribution in [-0.4, -0.2) is 36.4 Å². The van der Waals surface area contributed by atoms with Crippen LogP contribution in [0.4, 0.5) is 0 Å². The van der Waals surface area contributed by atoms with E-state index in [-0.39, 0.29) is 11.3 Å². The SMILES string of the molecule is Cc1nn(Cc2ccn(C)n2)c(C)c1-c1c(C(N)=O)nc2ccccc2c1C(N)=O. The summed E-state index contributed by atoms with van der Waals surface area (Å²) in [4.78, 5) is 29.3. The van der Waals surface area contributed by atoms with Gasteiger partial charge in [0, 0.05) is 35.5 Å². The van der Waals surface area contributed by atoms with Crippen LogP contribution < -0.4 is 11.5 Å². The number of primary amides is 2. The van der Waals surface area contributed by atoms with Crippen molar-refractivity contribution in [1.82, 2.24) is 24.5 Å². The van der Waals surface area contributed by atoms with Crippen LogP contribution in [0.15, 0.2) is 36.5 Å². The Morgan fingerprint density at radius 2 is 1.73 bits per heavy atom. The monoisotopic (exact) mass is 403 g/mol. The number of amides is 2. The number of fused-ring (bicyclic) bond motifs is 1. The predicted molar refractivity (Wildman–Crippen MR) is 112 cm³/mol. The van der Waals surface area contributed by atoms with Gasteiger partial charge in [-0.25, -0.2) is 4.98 Å². The number of para-hydroxylation sites is 1. The van der Waals surface area contributed by atoms with Gasteiger partial charge in [0.25, 0.3) is 5.91 Å². The molecular weight excluding hydrogens is 382 g/mol. The number of hydrogen-bond donors (Lipinski definition) is 2. The topological polar surface area (TPSA) is 135 Å². The summed E-state index contributed by atoms with van der Waals surface area (Å²) in [5, 5.41) is 9.55. The summed E-state index contributed by atoms with van der Waals surface area (Å²) in [6, 6.07) is 8.92. The number of nitrogens with zero attached hydrogens (tertiary/aromatic N) is 5. The second kappa shape index (κ2) is 7.11. The third-order valence-corrected chi connectivity index (χ3v) is 5.08. The molecule has 0 aliphatic heterocycles. The number of benzene rings is 1. The number of pyridine rings is 1. The van der Waals surface area contributed by atoms with Crippen LogP contribution in [0.1, 0.15) is 37.9 Å². The van der Waals surface area contributed by atoms with E-state index in [4.69, 9.17) is 11.5 Å². The molecule has 2 amide bonds. The number of carbonyl (C=O) groups excluding carboxylic acids is 2. The molecule has 9 nitrogen and oxygen atoms in total. The third-order valence-electron chi connectivity index (χ3n) is 5.08. The lowest BCUT2D eigenvalue weighted by atomic mass is 9.92. The van der Waals surface area contributed by atoms with Crippen LogP contribution in [0.25, 0.3) is 22.0 Å². The van der Waals surface area contributed by atoms with Crippen LogP contribution in [0, 0.1) is 13.8 Å². The Balaban J connectivity index is 2.01. The lowest BCUT2D eigenvalue weighted by Crippen LogP contribution is -2.21. The maximum Gasteiger partial charge on any atom is 0.267 e. The highest BCUT2D eigenvalue weighted by Gasteiger charge is 2.27. The molecule has 0 radical (unpaired) electrons. The molecule has 30 heavy (non-hydrogen) atoms. The van der Waals surface area contributed by atoms with Gasteiger partial charge in [0.1, 0.15) is 5.69 Å². The summed E-state index contributed by atoms with van der Waals surface area (Å²) in [5.74, 6) is -1.41. The number of aryl methyl sites for hydroxylation is 2. The molecule has 4 rings (SSSR count). The third kappa shape index (κ3) is 3.10. The zero-order valence-electron chi connectivity index (χ0n) is 16.9. The van der Waals surface area contributed by atoms with Crippen molar-refractivity contribution in [2.24, 2.45) is 18.5 Å². The van der Waals surface area contributed by atoms with E-state index in [1.54, 1.807) is 33.6 Å². The van der Waals surface area contributed by atoms with Gasteiger partial charge in [-0.05, 0) is 26.0 Å². The molecule has 152 valence electrons. The number of carbonyl (C=O) groups is 2. The minimum atomic E-state index is -0.741. The van der Waals surface area contributed by atoms with Crippen molar-refractivity contribution in [3.05, 3.63) is 64.9 Å². The van der Waals surface area contributed by atoms with Crippen molar-refractivity contribution in [3.63, 3.8) is 0 Å². The van der Waals surface area contributed by atoms with Gasteiger partial charge in [-0.3, -0.25) is 19.0 Å². The van der Waals surface area contributed by atoms with Crippen molar-refractivity contribution in [3.8, 4) is 11.1 Å². The van der Waals surface area contributed by atoms with Gasteiger partial charge in [0.15, 0.2) is 0 Å². The van der Waals surface area contributed by atoms with Gasteiger partial charge in [-0.2, -0.15) is 10.2 Å². The molecule has 0 atom stereocenters. The molecule has 3 heterocycles. The lowest BCUT2D eigenvalue weighted by Gasteiger charge is -2.14. The first-order valence-electron chi connectivity index (χ1n) is 9.33. The maximum absolute atomic E-state index is 12.5. The van der Waals surface area contributed by atoms with E-state index in [1.165, 1.54) is 0 Å². The van der Waals surface area contributed by atoms with Gasteiger partial charge in [0.05, 0.1) is 29.0 Å². The van der Waals surface area contributed by atoms with E-state index < -0.39 is 11.8 Å². The number of hydrogen-bond acceptors (Lipinski definition) is 5. The smallest absolute Gasteiger partial charge is 0.267 e. The largest absolute Gasteiger partial charge is 0.366 e. The van der Waals surface area contributed by atoms with Crippen LogP contribution >= 0.6 is 0 Å². The van der Waals surface area contributed by atoms with Gasteiger partial charge < -0.3 is 11.5 Å². The van der Waals surface area contributed by atoms with Crippen LogP contribution in [0.5, 0.6) is 0 Å². The molecule has 0 saturated heterocycles. The average Bonchev–Trinajstić information content (AvgIpc) is 3.22. The van der Waals surface area contributed by atoms with Gasteiger partial charge in [-0.1, -0.05) is 18.2 Å². The average molecular weight is 403 g/mol. The molecular formula is C21H21N7O2. The minimum absolute atomic E-state index is 0.00825. The summed E-state index contributed by atoms with van der Waals surface area (Å²) in [7, 11) is 1.84. The number of nitrogens with two attached hydrogens (primary N) is 2. The standard InChI is InChI=1S/C21H21N7O2/c1-11-16(12(2)28(25-11)10-13-8-9-27(3)26-13)18-17(20(22)29)14-6-4-5-7-15(14)24-19(18)21(23)30/h4-9H,10H2,1-3H3,(H2,22,29)(H2,23,30). The van der Waals surface area contributed by atoms with Crippen LogP contribution in [0.2, 0.25) is 0 Å². The lowest BCUT2D eigenvalue weighted by molar-refractivity contribution is 0.0996. The molecule has 0 fully saturated rings. The van der Waals surface area contributed by atoms with Gasteiger partial charge in [-0.15, -0.1) is 0 Å². The quantitative estimate of drug-likeness (QED) is 0.523. The zero-order chi connectivity index (χ0) is 21.6. The Kier molecular flexibility index (Phi) is 4.57. The summed E-state index contributed by atoms with van der Waals surface area (Å²) < 4.78 is 3.49. The molecule has 0 bridgehead atoms. The molecule has 0 aliphatic carbocycles. The highest BCUT2D eigenvalue weighted by atomic mass is 16.1. The molecule has 4 N–H and O–H groups in total. The molecule has 9 heteroatoms. The van der Waals surface area contributed by atoms with Gasteiger partial charge >= 0.3 is 0 Å². The molecule has 0 aliphatic rings. The van der Waals surface area contributed by atoms with Crippen molar-refractivity contribution < 1.29 is 9.59 Å². The molecule has 0 saturated carbocycles. The Bertz CT molecular complexity index is 1320. The second-order valence-electron chi connectivity index (χ2n) is 7.14. The van der Waals surface area contributed by atoms with E-state index in [2.05, 4.69) is 15.2 Å². The number of aromatic nitrogens is 5. The molecule has 0 unspecified atom stereocenters. The fraction of sp³-hybridized carbons (Fsp3) is 0.190. The van der Waals surface area contributed by atoms with E-state index in [1.807, 2.05) is 33.2 Å². The second-order valence-corrected chi connectivity index (χ2v) is 7.14. The van der Waals surface area contributed by atoms with E-state index in [9.17, 15) is 9.59 Å². The summed E-state index contributed by atoms with van der Waals surface area (Å²) in [6.45, 7) is 4.11. The van der Waals surface area contributed by atoms with Crippen molar-refractivity contribution >= 4 is 22.7 Å².